The molecule has 3 atom stereocenters. The molecule has 1 aliphatic heterocycles. The SMILES string of the molecule is COc1ccc(S(=O)(=O)Nc2ccc3c(c2)C(=O)N([C@@H](C)CO)C[C@@H](C)[C@H](CN(C)Cc2ccc(C(=O)Nc4ccccc4N)cc2)O3)cc1. The van der Waals surface area contributed by atoms with Gasteiger partial charge in [0.05, 0.1) is 41.6 Å². The molecule has 0 aromatic heterocycles. The van der Waals surface area contributed by atoms with E-state index in [1.165, 1.54) is 25.3 Å². The molecule has 0 bridgehead atoms. The van der Waals surface area contributed by atoms with Crippen molar-refractivity contribution in [2.45, 2.75) is 37.4 Å². The molecule has 0 unspecified atom stereocenters. The van der Waals surface area contributed by atoms with Crippen molar-refractivity contribution in [3.63, 3.8) is 0 Å². The number of amides is 2. The predicted octanol–water partition coefficient (Wildman–Crippen LogP) is 4.68. The summed E-state index contributed by atoms with van der Waals surface area (Å²) in [5.41, 5.74) is 8.87. The molecule has 4 aromatic rings. The van der Waals surface area contributed by atoms with Crippen LogP contribution in [0.1, 0.15) is 40.1 Å². The number of aliphatic hydroxyl groups is 1. The number of carbonyl (C=O) groups excluding carboxylic acids is 2. The topological polar surface area (TPSA) is 164 Å². The van der Waals surface area contributed by atoms with E-state index in [-0.39, 0.29) is 46.6 Å². The van der Waals surface area contributed by atoms with Crippen LogP contribution in [0.25, 0.3) is 0 Å². The van der Waals surface area contributed by atoms with E-state index in [2.05, 4.69) is 14.9 Å². The second-order valence-electron chi connectivity index (χ2n) is 12.5. The molecule has 0 aliphatic carbocycles. The highest BCUT2D eigenvalue weighted by molar-refractivity contribution is 7.92. The van der Waals surface area contributed by atoms with Gasteiger partial charge in [0.2, 0.25) is 0 Å². The first-order valence-corrected chi connectivity index (χ1v) is 17.7. The number of methoxy groups -OCH3 is 1. The molecular weight excluding hydrogens is 659 g/mol. The number of aliphatic hydroxyl groups excluding tert-OH is 1. The maximum atomic E-state index is 13.9. The summed E-state index contributed by atoms with van der Waals surface area (Å²) in [7, 11) is -0.509. The van der Waals surface area contributed by atoms with E-state index < -0.39 is 16.1 Å². The monoisotopic (exact) mass is 701 g/mol. The van der Waals surface area contributed by atoms with Crippen LogP contribution in [-0.2, 0) is 16.6 Å². The highest BCUT2D eigenvalue weighted by Gasteiger charge is 2.34. The van der Waals surface area contributed by atoms with Gasteiger partial charge in [0.1, 0.15) is 17.6 Å². The van der Waals surface area contributed by atoms with Crippen molar-refractivity contribution in [3.05, 3.63) is 108 Å². The minimum Gasteiger partial charge on any atom is -0.497 e. The summed E-state index contributed by atoms with van der Waals surface area (Å²) in [5, 5.41) is 12.9. The van der Waals surface area contributed by atoms with Gasteiger partial charge < -0.3 is 30.5 Å². The molecule has 5 N–H and O–H groups in total. The van der Waals surface area contributed by atoms with E-state index >= 15 is 0 Å². The Morgan fingerprint density at radius 3 is 2.44 bits per heavy atom. The van der Waals surface area contributed by atoms with Crippen molar-refractivity contribution in [2.75, 3.05) is 49.6 Å². The fourth-order valence-corrected chi connectivity index (χ4v) is 6.77. The van der Waals surface area contributed by atoms with Gasteiger partial charge in [-0.05, 0) is 86.3 Å². The molecule has 5 rings (SSSR count). The van der Waals surface area contributed by atoms with Crippen molar-refractivity contribution < 1.29 is 32.6 Å². The normalized spacial score (nSPS) is 16.8. The fourth-order valence-electron chi connectivity index (χ4n) is 5.72. The van der Waals surface area contributed by atoms with E-state index in [9.17, 15) is 23.1 Å². The molecule has 12 nitrogen and oxygen atoms in total. The van der Waals surface area contributed by atoms with Gasteiger partial charge in [-0.15, -0.1) is 0 Å². The van der Waals surface area contributed by atoms with Gasteiger partial charge in [0.15, 0.2) is 0 Å². The summed E-state index contributed by atoms with van der Waals surface area (Å²) in [6, 6.07) is 24.5. The Kier molecular flexibility index (Phi) is 11.3. The number of nitrogen functional groups attached to an aromatic ring is 1. The summed E-state index contributed by atoms with van der Waals surface area (Å²) < 4.78 is 40.5. The Bertz CT molecular complexity index is 1920. The van der Waals surface area contributed by atoms with Crippen LogP contribution in [0.3, 0.4) is 0 Å². The van der Waals surface area contributed by atoms with E-state index in [0.29, 0.717) is 48.1 Å². The van der Waals surface area contributed by atoms with Gasteiger partial charge in [-0.25, -0.2) is 8.42 Å². The minimum absolute atomic E-state index is 0.0374. The molecule has 0 saturated carbocycles. The molecule has 0 fully saturated rings. The number of nitrogens with one attached hydrogen (secondary N) is 2. The van der Waals surface area contributed by atoms with Gasteiger partial charge in [0, 0.05) is 36.8 Å². The van der Waals surface area contributed by atoms with E-state index in [0.717, 1.165) is 5.56 Å². The average Bonchev–Trinajstić information content (AvgIpc) is 3.10. The lowest BCUT2D eigenvalue weighted by Crippen LogP contribution is -2.49. The fraction of sp³-hybridized carbons (Fsp3) is 0.297. The molecule has 1 heterocycles. The van der Waals surface area contributed by atoms with Gasteiger partial charge in [0.25, 0.3) is 21.8 Å². The van der Waals surface area contributed by atoms with Gasteiger partial charge in [-0.1, -0.05) is 31.2 Å². The highest BCUT2D eigenvalue weighted by Crippen LogP contribution is 2.32. The van der Waals surface area contributed by atoms with Crippen molar-refractivity contribution in [1.29, 1.82) is 0 Å². The van der Waals surface area contributed by atoms with Crippen molar-refractivity contribution >= 4 is 38.9 Å². The third kappa shape index (κ3) is 8.54. The highest BCUT2D eigenvalue weighted by atomic mass is 32.2. The number of fused-ring (bicyclic) bond motifs is 1. The number of nitrogens with two attached hydrogens (primary N) is 1. The molecule has 4 aromatic carbocycles. The maximum absolute atomic E-state index is 13.9. The zero-order valence-corrected chi connectivity index (χ0v) is 29.3. The Morgan fingerprint density at radius 2 is 1.78 bits per heavy atom. The van der Waals surface area contributed by atoms with Crippen LogP contribution in [0.5, 0.6) is 11.5 Å². The summed E-state index contributed by atoms with van der Waals surface area (Å²) in [5.74, 6) is 0.0918. The largest absolute Gasteiger partial charge is 0.497 e. The number of nitrogens with zero attached hydrogens (tertiary/aromatic N) is 2. The third-order valence-corrected chi connectivity index (χ3v) is 10.1. The van der Waals surface area contributed by atoms with Crippen LogP contribution in [0.2, 0.25) is 0 Å². The first-order valence-electron chi connectivity index (χ1n) is 16.2. The number of hydrogen-bond acceptors (Lipinski definition) is 9. The van der Waals surface area contributed by atoms with E-state index in [4.69, 9.17) is 15.2 Å². The number of anilines is 3. The lowest BCUT2D eigenvalue weighted by Gasteiger charge is -2.38. The predicted molar refractivity (Wildman–Crippen MR) is 193 cm³/mol. The lowest BCUT2D eigenvalue weighted by atomic mass is 9.99. The number of carbonyl (C=O) groups is 2. The van der Waals surface area contributed by atoms with Crippen LogP contribution in [-0.4, -0.2) is 81.1 Å². The molecule has 2 amide bonds. The minimum atomic E-state index is -3.97. The number of benzene rings is 4. The standard InChI is InChI=1S/C37H43N5O7S/c1-24-20-42(25(2)23-43)37(45)31-19-28(40-50(46,47)30-16-14-29(48-4)15-17-30)13-18-34(31)49-35(24)22-41(3)21-26-9-11-27(12-10-26)36(44)39-33-8-6-5-7-32(33)38/h5-19,24-25,35,40,43H,20-23,38H2,1-4H3,(H,39,44)/t24-,25+,35+/m1/s1. The number of sulfonamides is 1. The second-order valence-corrected chi connectivity index (χ2v) is 14.2. The Morgan fingerprint density at radius 1 is 1.08 bits per heavy atom. The first kappa shape index (κ1) is 36.2. The van der Waals surface area contributed by atoms with Gasteiger partial charge >= 0.3 is 0 Å². The number of para-hydroxylation sites is 2. The van der Waals surface area contributed by atoms with Crippen molar-refractivity contribution in [3.8, 4) is 11.5 Å². The van der Waals surface area contributed by atoms with Gasteiger partial charge in [-0.3, -0.25) is 19.2 Å². The Labute approximate surface area is 292 Å². The molecule has 264 valence electrons. The Balaban J connectivity index is 1.32. The first-order chi connectivity index (χ1) is 23.9. The van der Waals surface area contributed by atoms with Crippen LogP contribution < -0.4 is 25.2 Å². The summed E-state index contributed by atoms with van der Waals surface area (Å²) in [6.07, 6.45) is -0.358. The molecule has 0 radical (unpaired) electrons. The molecule has 0 saturated heterocycles. The molecule has 1 aliphatic rings. The molecular formula is C37H43N5O7S. The zero-order valence-electron chi connectivity index (χ0n) is 28.5. The van der Waals surface area contributed by atoms with E-state index in [1.807, 2.05) is 26.1 Å². The van der Waals surface area contributed by atoms with E-state index in [1.54, 1.807) is 72.5 Å². The van der Waals surface area contributed by atoms with Crippen LogP contribution >= 0.6 is 0 Å². The molecule has 50 heavy (non-hydrogen) atoms. The number of ether oxygens (including phenoxy) is 2. The second kappa shape index (κ2) is 15.6. The quantitative estimate of drug-likeness (QED) is 0.154. The molecule has 0 spiro atoms. The van der Waals surface area contributed by atoms with Crippen LogP contribution in [0.4, 0.5) is 17.1 Å². The Hall–Kier alpha value is -5.11. The van der Waals surface area contributed by atoms with Crippen molar-refractivity contribution in [1.82, 2.24) is 9.80 Å². The number of likely N-dealkylation sites (N-methyl/N-ethyl adjacent to an activating group) is 1. The van der Waals surface area contributed by atoms with Crippen molar-refractivity contribution in [2.24, 2.45) is 5.92 Å². The average molecular weight is 702 g/mol. The summed E-state index contributed by atoms with van der Waals surface area (Å²) in [6.45, 7) is 4.90. The number of rotatable bonds is 12. The third-order valence-electron chi connectivity index (χ3n) is 8.66. The zero-order chi connectivity index (χ0) is 36.0. The smallest absolute Gasteiger partial charge is 0.261 e. The van der Waals surface area contributed by atoms with Gasteiger partial charge in [-0.2, -0.15) is 0 Å². The maximum Gasteiger partial charge on any atom is 0.261 e. The lowest BCUT2D eigenvalue weighted by molar-refractivity contribution is 0.0341. The summed E-state index contributed by atoms with van der Waals surface area (Å²) in [4.78, 5) is 30.4. The van der Waals surface area contributed by atoms with Crippen LogP contribution in [0.15, 0.2) is 95.9 Å². The van der Waals surface area contributed by atoms with Crippen LogP contribution in [0, 0.1) is 5.92 Å². The molecule has 13 heteroatoms. The summed E-state index contributed by atoms with van der Waals surface area (Å²) >= 11 is 0. The number of hydrogen-bond donors (Lipinski definition) is 4.